The van der Waals surface area contributed by atoms with Crippen molar-refractivity contribution in [1.82, 2.24) is 0 Å². The minimum atomic E-state index is -0.837. The third kappa shape index (κ3) is 3.16. The molecule has 1 rings (SSSR count). The summed E-state index contributed by atoms with van der Waals surface area (Å²) in [6, 6.07) is 0. The van der Waals surface area contributed by atoms with E-state index >= 15 is 0 Å². The fourth-order valence-corrected chi connectivity index (χ4v) is 4.18. The number of methoxy groups -OCH3 is 1. The third-order valence-electron chi connectivity index (χ3n) is 2.12. The predicted molar refractivity (Wildman–Crippen MR) is 57.4 cm³/mol. The molecule has 1 N–H and O–H groups in total. The maximum atomic E-state index is 10.6. The number of rotatable bonds is 4. The summed E-state index contributed by atoms with van der Waals surface area (Å²) >= 11 is -0.837. The molecule has 0 heterocycles. The van der Waals surface area contributed by atoms with E-state index in [0.717, 1.165) is 0 Å². The molecule has 0 aromatic heterocycles. The number of aliphatic hydroxyl groups is 1. The summed E-state index contributed by atoms with van der Waals surface area (Å²) in [6.07, 6.45) is 5.34. The summed E-state index contributed by atoms with van der Waals surface area (Å²) in [5, 5.41) is 20.0. The topological polar surface area (TPSA) is 72.6 Å². The van der Waals surface area contributed by atoms with Crippen molar-refractivity contribution in [2.45, 2.75) is 22.6 Å². The molecule has 0 aliphatic heterocycles. The molecule has 0 radical (unpaired) electrons. The van der Waals surface area contributed by atoms with E-state index in [1.807, 2.05) is 0 Å². The standard InChI is InChI=1S/C9H14AsNO4/c1-7(12)10-9(15-2)5-3-4-8(6-9)11(13)14/h3-4,6-7,10,12H,5H2,1-2H3. The van der Waals surface area contributed by atoms with Gasteiger partial charge in [-0.15, -0.1) is 0 Å². The second kappa shape index (κ2) is 4.92. The summed E-state index contributed by atoms with van der Waals surface area (Å²) < 4.78 is 4.71. The summed E-state index contributed by atoms with van der Waals surface area (Å²) in [5.41, 5.74) is 0.0486. The van der Waals surface area contributed by atoms with Gasteiger partial charge in [-0.25, -0.2) is 0 Å². The summed E-state index contributed by atoms with van der Waals surface area (Å²) in [4.78, 5) is 9.76. The molecule has 5 nitrogen and oxygen atoms in total. The van der Waals surface area contributed by atoms with Crippen LogP contribution in [0, 0.1) is 10.1 Å². The Hall–Kier alpha value is -0.642. The average molecular weight is 275 g/mol. The Labute approximate surface area is 94.6 Å². The van der Waals surface area contributed by atoms with Crippen LogP contribution in [0.25, 0.3) is 0 Å². The van der Waals surface area contributed by atoms with E-state index in [9.17, 15) is 15.2 Å². The van der Waals surface area contributed by atoms with Crippen molar-refractivity contribution in [3.63, 3.8) is 0 Å². The number of hydrogen-bond donors (Lipinski definition) is 1. The molecule has 1 aliphatic rings. The molecule has 0 saturated heterocycles. The van der Waals surface area contributed by atoms with Gasteiger partial charge in [0.15, 0.2) is 0 Å². The Balaban J connectivity index is 2.92. The summed E-state index contributed by atoms with van der Waals surface area (Å²) in [6.45, 7) is 1.69. The van der Waals surface area contributed by atoms with Crippen LogP contribution in [0.15, 0.2) is 23.9 Å². The predicted octanol–water partition coefficient (Wildman–Crippen LogP) is 0.224. The summed E-state index contributed by atoms with van der Waals surface area (Å²) in [7, 11) is 1.53. The molecule has 0 bridgehead atoms. The normalized spacial score (nSPS) is 28.1. The van der Waals surface area contributed by atoms with E-state index < -0.39 is 30.0 Å². The van der Waals surface area contributed by atoms with E-state index in [2.05, 4.69) is 0 Å². The Kier molecular flexibility index (Phi) is 4.08. The van der Waals surface area contributed by atoms with Crippen molar-refractivity contribution in [1.29, 1.82) is 0 Å². The van der Waals surface area contributed by atoms with Crippen LogP contribution in [0.4, 0.5) is 0 Å². The van der Waals surface area contributed by atoms with Gasteiger partial charge in [0.1, 0.15) is 0 Å². The number of nitrogens with zero attached hydrogens (tertiary/aromatic N) is 1. The first kappa shape index (κ1) is 12.4. The quantitative estimate of drug-likeness (QED) is 0.452. The third-order valence-corrected chi connectivity index (χ3v) is 5.18. The zero-order valence-electron chi connectivity index (χ0n) is 8.64. The number of ether oxygens (including phenoxy) is 1. The van der Waals surface area contributed by atoms with Crippen LogP contribution in [-0.2, 0) is 4.74 Å². The Morgan fingerprint density at radius 3 is 2.93 bits per heavy atom. The number of nitro groups is 1. The number of allylic oxidation sites excluding steroid dienone is 1. The van der Waals surface area contributed by atoms with Crippen LogP contribution in [0.2, 0.25) is 0 Å². The molecule has 1 aliphatic carbocycles. The fraction of sp³-hybridized carbons (Fsp3) is 0.556. The molecule has 0 spiro atoms. The van der Waals surface area contributed by atoms with E-state index in [1.165, 1.54) is 19.3 Å². The van der Waals surface area contributed by atoms with Crippen molar-refractivity contribution >= 4 is 15.8 Å². The maximum absolute atomic E-state index is 10.6. The fourth-order valence-electron chi connectivity index (χ4n) is 1.47. The molecule has 3 unspecified atom stereocenters. The molecule has 6 heteroatoms. The molecule has 0 amide bonds. The molecular formula is C9H14AsNO4. The van der Waals surface area contributed by atoms with E-state index in [0.29, 0.717) is 6.42 Å². The van der Waals surface area contributed by atoms with Gasteiger partial charge in [0, 0.05) is 0 Å². The van der Waals surface area contributed by atoms with Crippen molar-refractivity contribution in [3.05, 3.63) is 34.0 Å². The Morgan fingerprint density at radius 2 is 2.47 bits per heavy atom. The zero-order chi connectivity index (χ0) is 11.5. The van der Waals surface area contributed by atoms with Gasteiger partial charge in [-0.2, -0.15) is 0 Å². The van der Waals surface area contributed by atoms with Crippen LogP contribution >= 0.6 is 0 Å². The second-order valence-electron chi connectivity index (χ2n) is 3.35. The van der Waals surface area contributed by atoms with Crippen molar-refractivity contribution in [3.8, 4) is 0 Å². The van der Waals surface area contributed by atoms with Crippen LogP contribution in [0.1, 0.15) is 13.3 Å². The van der Waals surface area contributed by atoms with E-state index in [1.54, 1.807) is 13.0 Å². The van der Waals surface area contributed by atoms with Gasteiger partial charge in [0.05, 0.1) is 0 Å². The van der Waals surface area contributed by atoms with Gasteiger partial charge in [-0.3, -0.25) is 0 Å². The van der Waals surface area contributed by atoms with Crippen LogP contribution in [-0.4, -0.2) is 42.2 Å². The first-order valence-corrected chi connectivity index (χ1v) is 6.80. The van der Waals surface area contributed by atoms with Gasteiger partial charge in [0.25, 0.3) is 0 Å². The first-order chi connectivity index (χ1) is 6.99. The molecule has 0 aromatic carbocycles. The van der Waals surface area contributed by atoms with Crippen molar-refractivity contribution < 1.29 is 14.8 Å². The monoisotopic (exact) mass is 275 g/mol. The SMILES string of the molecule is COC1([AsH]C(C)O)C=C([N+](=O)[O-])C=CC1. The zero-order valence-corrected chi connectivity index (χ0v) is 10.7. The van der Waals surface area contributed by atoms with Crippen molar-refractivity contribution in [2.75, 3.05) is 7.11 Å². The molecular weight excluding hydrogens is 261 g/mol. The van der Waals surface area contributed by atoms with Crippen LogP contribution in [0.3, 0.4) is 0 Å². The molecule has 0 saturated carbocycles. The van der Waals surface area contributed by atoms with E-state index in [-0.39, 0.29) is 5.70 Å². The van der Waals surface area contributed by atoms with Gasteiger partial charge in [-0.05, 0) is 0 Å². The number of hydrogen-bond acceptors (Lipinski definition) is 4. The Bertz CT molecular complexity index is 313. The van der Waals surface area contributed by atoms with Gasteiger partial charge < -0.3 is 0 Å². The van der Waals surface area contributed by atoms with E-state index in [4.69, 9.17) is 4.74 Å². The average Bonchev–Trinajstić information content (AvgIpc) is 2.17. The van der Waals surface area contributed by atoms with Gasteiger partial charge >= 0.3 is 94.3 Å². The molecule has 0 aromatic rings. The second-order valence-corrected chi connectivity index (χ2v) is 7.48. The molecule has 3 atom stereocenters. The van der Waals surface area contributed by atoms with Crippen molar-refractivity contribution in [2.24, 2.45) is 0 Å². The van der Waals surface area contributed by atoms with Crippen LogP contribution in [0.5, 0.6) is 0 Å². The number of aliphatic hydroxyl groups excluding tert-OH is 1. The summed E-state index contributed by atoms with van der Waals surface area (Å²) in [5.74, 6) is 0. The molecule has 0 fully saturated rings. The van der Waals surface area contributed by atoms with Gasteiger partial charge in [0.2, 0.25) is 0 Å². The molecule has 84 valence electrons. The first-order valence-electron chi connectivity index (χ1n) is 4.54. The minimum absolute atomic E-state index is 0.0486. The van der Waals surface area contributed by atoms with Gasteiger partial charge in [-0.1, -0.05) is 0 Å². The Morgan fingerprint density at radius 1 is 1.80 bits per heavy atom. The molecule has 15 heavy (non-hydrogen) atoms. The van der Waals surface area contributed by atoms with Crippen LogP contribution < -0.4 is 0 Å².